The van der Waals surface area contributed by atoms with Crippen LogP contribution in [-0.4, -0.2) is 15.8 Å². The average molecular weight is 183 g/mol. The zero-order chi connectivity index (χ0) is 8.20. The molecule has 0 aliphatic heterocycles. The highest BCUT2D eigenvalue weighted by Crippen LogP contribution is 2.24. The Kier molecular flexibility index (Phi) is 6.49. The fourth-order valence-electron chi connectivity index (χ4n) is 0.135. The van der Waals surface area contributed by atoms with Crippen LogP contribution in [0.1, 0.15) is 21.3 Å². The van der Waals surface area contributed by atoms with Gasteiger partial charge in [-0.15, -0.1) is 0 Å². The molecule has 0 aromatic heterocycles. The summed E-state index contributed by atoms with van der Waals surface area (Å²) in [4.78, 5) is 10.3. The molecule has 0 aliphatic carbocycles. The highest BCUT2D eigenvalue weighted by Gasteiger charge is 2.29. The molecule has 0 saturated heterocycles. The van der Waals surface area contributed by atoms with E-state index in [0.29, 0.717) is 12.0 Å². The van der Waals surface area contributed by atoms with Gasteiger partial charge in [0.2, 0.25) is 0 Å². The third-order valence-electron chi connectivity index (χ3n) is 0.785. The lowest BCUT2D eigenvalue weighted by Gasteiger charge is -2.16. The summed E-state index contributed by atoms with van der Waals surface area (Å²) in [6.45, 7) is 2.78. The molecule has 1 N–H and O–H groups in total. The van der Waals surface area contributed by atoms with Crippen LogP contribution in [0.5, 0.6) is 0 Å². The third-order valence-corrected chi connectivity index (χ3v) is 1.50. The molecule has 0 aliphatic rings. The standard InChI is InChI=1S/C4H8O5S.CH4/c1-4(2,3(5)6)10-9-8-7;/h7H,1-2H3,(H,5,6);1H4/p-1. The van der Waals surface area contributed by atoms with E-state index in [0.717, 1.165) is 0 Å². The van der Waals surface area contributed by atoms with Gasteiger partial charge in [-0.2, -0.15) is 4.33 Å². The van der Waals surface area contributed by atoms with E-state index in [1.807, 2.05) is 0 Å². The van der Waals surface area contributed by atoms with Gasteiger partial charge in [0.1, 0.15) is 4.75 Å². The molecular weight excluding hydrogens is 172 g/mol. The Balaban J connectivity index is 0. The number of hydrogen-bond acceptors (Lipinski definition) is 5. The third kappa shape index (κ3) is 5.02. The van der Waals surface area contributed by atoms with Crippen molar-refractivity contribution in [3.63, 3.8) is 0 Å². The Bertz CT molecular complexity index is 124. The number of hydrogen-bond donors (Lipinski definition) is 1. The lowest BCUT2D eigenvalue weighted by Crippen LogP contribution is -2.27. The van der Waals surface area contributed by atoms with Crippen LogP contribution in [0.4, 0.5) is 0 Å². The predicted octanol–water partition coefficient (Wildman–Crippen LogP) is 0.357. The molecule has 0 radical (unpaired) electrons. The molecule has 0 aromatic rings. The Morgan fingerprint density at radius 1 is 1.64 bits per heavy atom. The van der Waals surface area contributed by atoms with Gasteiger partial charge in [-0.1, -0.05) is 7.43 Å². The molecule has 0 spiro atoms. The maximum Gasteiger partial charge on any atom is 0.321 e. The number of rotatable bonds is 4. The number of aliphatic carboxylic acids is 1. The molecule has 0 saturated carbocycles. The summed E-state index contributed by atoms with van der Waals surface area (Å²) in [5.74, 6) is -1.07. The van der Waals surface area contributed by atoms with E-state index in [1.54, 1.807) is 0 Å². The predicted molar refractivity (Wildman–Crippen MR) is 38.2 cm³/mol. The van der Waals surface area contributed by atoms with Crippen molar-refractivity contribution in [2.45, 2.75) is 26.0 Å². The first kappa shape index (κ1) is 13.3. The maximum atomic E-state index is 10.3. The summed E-state index contributed by atoms with van der Waals surface area (Å²) in [7, 11) is 0. The second kappa shape index (κ2) is 5.36. The van der Waals surface area contributed by atoms with E-state index in [2.05, 4.69) is 9.37 Å². The Morgan fingerprint density at radius 2 is 2.09 bits per heavy atom. The summed E-state index contributed by atoms with van der Waals surface area (Å²) in [5.41, 5.74) is 0. The van der Waals surface area contributed by atoms with Gasteiger partial charge < -0.3 is 10.4 Å². The molecule has 6 heteroatoms. The van der Waals surface area contributed by atoms with Crippen LogP contribution in [-0.2, 0) is 14.2 Å². The van der Waals surface area contributed by atoms with Crippen molar-refractivity contribution in [2.75, 3.05) is 0 Å². The molecule has 0 amide bonds. The summed E-state index contributed by atoms with van der Waals surface area (Å²) in [6.07, 6.45) is 0. The van der Waals surface area contributed by atoms with E-state index >= 15 is 0 Å². The van der Waals surface area contributed by atoms with E-state index in [4.69, 9.17) is 5.11 Å². The minimum atomic E-state index is -1.16. The van der Waals surface area contributed by atoms with Gasteiger partial charge in [-0.25, -0.2) is 0 Å². The van der Waals surface area contributed by atoms with Gasteiger partial charge >= 0.3 is 5.97 Å². The van der Waals surface area contributed by atoms with E-state index in [1.165, 1.54) is 13.8 Å². The minimum absolute atomic E-state index is 0. The number of carbonyl (C=O) groups is 1. The molecule has 0 rings (SSSR count). The van der Waals surface area contributed by atoms with Crippen LogP contribution in [0.3, 0.4) is 0 Å². The van der Waals surface area contributed by atoms with Crippen LogP contribution < -0.4 is 5.26 Å². The smallest absolute Gasteiger partial charge is 0.321 e. The largest absolute Gasteiger partial charge is 0.691 e. The summed E-state index contributed by atoms with van der Waals surface area (Å²) in [5, 5.41) is 20.7. The molecule has 0 atom stereocenters. The lowest BCUT2D eigenvalue weighted by atomic mass is 10.2. The highest BCUT2D eigenvalue weighted by atomic mass is 32.2. The van der Waals surface area contributed by atoms with E-state index in [-0.39, 0.29) is 7.43 Å². The van der Waals surface area contributed by atoms with Crippen molar-refractivity contribution in [1.82, 2.24) is 0 Å². The summed E-state index contributed by atoms with van der Waals surface area (Å²) >= 11 is 0.453. The topological polar surface area (TPSA) is 78.8 Å². The zero-order valence-electron chi connectivity index (χ0n) is 5.49. The van der Waals surface area contributed by atoms with Crippen molar-refractivity contribution in [2.24, 2.45) is 0 Å². The van der Waals surface area contributed by atoms with Crippen molar-refractivity contribution >= 4 is 18.0 Å². The Hall–Kier alpha value is -0.300. The van der Waals surface area contributed by atoms with Crippen LogP contribution in [0.15, 0.2) is 0 Å². The lowest BCUT2D eigenvalue weighted by molar-refractivity contribution is -0.777. The summed E-state index contributed by atoms with van der Waals surface area (Å²) < 4.78 is 2.68. The normalized spacial score (nSPS) is 10.5. The van der Waals surface area contributed by atoms with Crippen molar-refractivity contribution in [3.8, 4) is 0 Å². The first-order valence-corrected chi connectivity index (χ1v) is 3.12. The molecule has 68 valence electrons. The maximum absolute atomic E-state index is 10.3. The molecule has 0 heterocycles. The minimum Gasteiger partial charge on any atom is -0.691 e. The quantitative estimate of drug-likeness (QED) is 0.385. The van der Waals surface area contributed by atoms with Crippen molar-refractivity contribution in [1.29, 1.82) is 0 Å². The van der Waals surface area contributed by atoms with Gasteiger partial charge in [0.15, 0.2) is 0 Å². The number of carboxylic acid groups (broad SMARTS) is 1. The van der Waals surface area contributed by atoms with Gasteiger partial charge in [0.05, 0.1) is 0 Å². The van der Waals surface area contributed by atoms with Gasteiger partial charge in [-0.3, -0.25) is 9.83 Å². The van der Waals surface area contributed by atoms with Crippen LogP contribution >= 0.6 is 12.0 Å². The molecule has 5 nitrogen and oxygen atoms in total. The Morgan fingerprint density at radius 3 is 2.36 bits per heavy atom. The van der Waals surface area contributed by atoms with E-state index in [9.17, 15) is 10.1 Å². The van der Waals surface area contributed by atoms with Crippen LogP contribution in [0, 0.1) is 0 Å². The van der Waals surface area contributed by atoms with Gasteiger partial charge in [-0.05, 0) is 13.8 Å². The number of carboxylic acids is 1. The molecule has 11 heavy (non-hydrogen) atoms. The van der Waals surface area contributed by atoms with Crippen LogP contribution in [0.25, 0.3) is 0 Å². The van der Waals surface area contributed by atoms with Crippen LogP contribution in [0.2, 0.25) is 0 Å². The fourth-order valence-corrected chi connectivity index (χ4v) is 0.404. The Labute approximate surface area is 69.4 Å². The molecule has 0 bridgehead atoms. The van der Waals surface area contributed by atoms with Crippen molar-refractivity contribution in [3.05, 3.63) is 0 Å². The second-order valence-corrected chi connectivity index (χ2v) is 3.36. The SMILES string of the molecule is C.CC(C)(SOO[O-])C(=O)O. The van der Waals surface area contributed by atoms with Gasteiger partial charge in [0.25, 0.3) is 0 Å². The zero-order valence-corrected chi connectivity index (χ0v) is 6.30. The fraction of sp³-hybridized carbons (Fsp3) is 0.800. The monoisotopic (exact) mass is 183 g/mol. The van der Waals surface area contributed by atoms with E-state index < -0.39 is 10.7 Å². The molecule has 0 aromatic carbocycles. The average Bonchev–Trinajstić information content (AvgIpc) is 1.84. The molecule has 0 unspecified atom stereocenters. The highest BCUT2D eigenvalue weighted by molar-refractivity contribution is 7.96. The molecular formula is C5H11O5S-. The summed E-state index contributed by atoms with van der Waals surface area (Å²) in [6, 6.07) is 0. The second-order valence-electron chi connectivity index (χ2n) is 2.03. The first-order valence-electron chi connectivity index (χ1n) is 2.38. The first-order chi connectivity index (χ1) is 4.50. The molecule has 0 fully saturated rings. The van der Waals surface area contributed by atoms with Crippen molar-refractivity contribution < 1.29 is 24.5 Å². The van der Waals surface area contributed by atoms with Gasteiger partial charge in [0, 0.05) is 12.0 Å².